The number of hydrazine groups is 1. The van der Waals surface area contributed by atoms with Crippen LogP contribution in [0, 0.1) is 0 Å². The van der Waals surface area contributed by atoms with Crippen LogP contribution in [0.5, 0.6) is 0 Å². The second-order valence-corrected chi connectivity index (χ2v) is 5.98. The van der Waals surface area contributed by atoms with Gasteiger partial charge >= 0.3 is 0 Å². The van der Waals surface area contributed by atoms with E-state index in [1.165, 1.54) is 37.0 Å². The molecule has 0 saturated heterocycles. The lowest BCUT2D eigenvalue weighted by Crippen LogP contribution is -2.32. The Balaban J connectivity index is 1.75. The van der Waals surface area contributed by atoms with Crippen LogP contribution in [0.25, 0.3) is 0 Å². The van der Waals surface area contributed by atoms with Crippen LogP contribution in [0.2, 0.25) is 0 Å². The molecule has 0 radical (unpaired) electrons. The minimum Gasteiger partial charge on any atom is -0.312 e. The number of rotatable bonds is 5. The number of thiophene rings is 1. The Bertz CT molecular complexity index is 353. The van der Waals surface area contributed by atoms with Gasteiger partial charge in [-0.1, -0.05) is 25.3 Å². The van der Waals surface area contributed by atoms with E-state index in [0.29, 0.717) is 6.04 Å². The van der Waals surface area contributed by atoms with Gasteiger partial charge in [0.2, 0.25) is 0 Å². The zero-order chi connectivity index (χ0) is 12.6. The maximum absolute atomic E-state index is 5.57. The molecule has 2 rings (SSSR count). The Labute approximate surface area is 113 Å². The van der Waals surface area contributed by atoms with Crippen molar-refractivity contribution in [3.05, 3.63) is 22.4 Å². The van der Waals surface area contributed by atoms with Crippen LogP contribution in [0.1, 0.15) is 49.8 Å². The summed E-state index contributed by atoms with van der Waals surface area (Å²) in [5.74, 6) is 6.56. The third-order valence-electron chi connectivity index (χ3n) is 3.50. The zero-order valence-corrected chi connectivity index (χ0v) is 11.7. The van der Waals surface area contributed by atoms with E-state index in [1.54, 1.807) is 0 Å². The summed E-state index contributed by atoms with van der Waals surface area (Å²) in [6.07, 6.45) is 9.69. The highest BCUT2D eigenvalue weighted by molar-refractivity contribution is 7.09. The van der Waals surface area contributed by atoms with Gasteiger partial charge in [-0.05, 0) is 37.1 Å². The summed E-state index contributed by atoms with van der Waals surface area (Å²) >= 11 is 1.83. The summed E-state index contributed by atoms with van der Waals surface area (Å²) in [4.78, 5) is 6.20. The van der Waals surface area contributed by atoms with Crippen molar-refractivity contribution in [3.63, 3.8) is 0 Å². The van der Waals surface area contributed by atoms with E-state index in [9.17, 15) is 0 Å². The maximum atomic E-state index is 5.57. The molecule has 0 atom stereocenters. The maximum Gasteiger partial charge on any atom is 0.111 e. The zero-order valence-electron chi connectivity index (χ0n) is 10.9. The normalized spacial score (nSPS) is 17.9. The number of amidine groups is 1. The fourth-order valence-corrected chi connectivity index (χ4v) is 3.24. The second kappa shape index (κ2) is 7.54. The van der Waals surface area contributed by atoms with Crippen molar-refractivity contribution in [1.82, 2.24) is 5.43 Å². The SMILES string of the molecule is NNC(CCCc1cccs1)=NC1CCCCC1. The topological polar surface area (TPSA) is 50.4 Å². The summed E-state index contributed by atoms with van der Waals surface area (Å²) in [6.45, 7) is 0. The number of hydrogen-bond donors (Lipinski definition) is 2. The molecule has 4 heteroatoms. The Morgan fingerprint density at radius 3 is 2.89 bits per heavy atom. The third-order valence-corrected chi connectivity index (χ3v) is 4.43. The molecule has 0 aromatic carbocycles. The van der Waals surface area contributed by atoms with Gasteiger partial charge in [-0.25, -0.2) is 5.84 Å². The van der Waals surface area contributed by atoms with Crippen LogP contribution in [0.4, 0.5) is 0 Å². The first-order valence-electron chi connectivity index (χ1n) is 6.94. The van der Waals surface area contributed by atoms with Crippen LogP contribution in [0.3, 0.4) is 0 Å². The summed E-state index contributed by atoms with van der Waals surface area (Å²) < 4.78 is 0. The quantitative estimate of drug-likeness (QED) is 0.371. The van der Waals surface area contributed by atoms with Gasteiger partial charge < -0.3 is 5.43 Å². The molecule has 100 valence electrons. The van der Waals surface area contributed by atoms with Gasteiger partial charge in [0.1, 0.15) is 5.84 Å². The second-order valence-electron chi connectivity index (χ2n) is 4.94. The van der Waals surface area contributed by atoms with E-state index in [1.807, 2.05) is 11.3 Å². The van der Waals surface area contributed by atoms with Gasteiger partial charge in [0.25, 0.3) is 0 Å². The van der Waals surface area contributed by atoms with E-state index >= 15 is 0 Å². The lowest BCUT2D eigenvalue weighted by atomic mass is 9.96. The highest BCUT2D eigenvalue weighted by Crippen LogP contribution is 2.20. The number of nitrogens with one attached hydrogen (secondary N) is 1. The van der Waals surface area contributed by atoms with Gasteiger partial charge in [0.15, 0.2) is 0 Å². The molecular formula is C14H23N3S. The Morgan fingerprint density at radius 2 is 2.22 bits per heavy atom. The molecule has 0 bridgehead atoms. The van der Waals surface area contributed by atoms with Crippen LogP contribution >= 0.6 is 11.3 Å². The van der Waals surface area contributed by atoms with Crippen LogP contribution in [-0.4, -0.2) is 11.9 Å². The molecule has 0 spiro atoms. The minimum absolute atomic E-state index is 0.506. The summed E-state index contributed by atoms with van der Waals surface area (Å²) in [6, 6.07) is 4.81. The van der Waals surface area contributed by atoms with E-state index in [2.05, 4.69) is 22.9 Å². The van der Waals surface area contributed by atoms with E-state index in [0.717, 1.165) is 25.1 Å². The molecule has 1 aromatic heterocycles. The predicted octanol–water partition coefficient (Wildman–Crippen LogP) is 3.27. The molecule has 0 amide bonds. The van der Waals surface area contributed by atoms with Gasteiger partial charge in [0, 0.05) is 11.3 Å². The van der Waals surface area contributed by atoms with E-state index in [-0.39, 0.29) is 0 Å². The number of hydrogen-bond acceptors (Lipinski definition) is 3. The largest absolute Gasteiger partial charge is 0.312 e. The number of nitrogens with zero attached hydrogens (tertiary/aromatic N) is 1. The summed E-state index contributed by atoms with van der Waals surface area (Å²) in [5, 5.41) is 2.13. The molecule has 0 aliphatic heterocycles. The van der Waals surface area contributed by atoms with Crippen molar-refractivity contribution in [2.75, 3.05) is 0 Å². The molecule has 1 aliphatic rings. The van der Waals surface area contributed by atoms with Crippen molar-refractivity contribution in [2.24, 2.45) is 10.8 Å². The first-order valence-corrected chi connectivity index (χ1v) is 7.82. The molecule has 1 aliphatic carbocycles. The number of aryl methyl sites for hydroxylation is 1. The van der Waals surface area contributed by atoms with Gasteiger partial charge in [-0.3, -0.25) is 4.99 Å². The molecule has 0 unspecified atom stereocenters. The lowest BCUT2D eigenvalue weighted by Gasteiger charge is -2.19. The average Bonchev–Trinajstić information content (AvgIpc) is 2.92. The molecule has 1 saturated carbocycles. The van der Waals surface area contributed by atoms with Crippen molar-refractivity contribution in [1.29, 1.82) is 0 Å². The van der Waals surface area contributed by atoms with Crippen LogP contribution in [0.15, 0.2) is 22.5 Å². The highest BCUT2D eigenvalue weighted by Gasteiger charge is 2.12. The molecule has 1 fully saturated rings. The summed E-state index contributed by atoms with van der Waals surface area (Å²) in [7, 11) is 0. The molecular weight excluding hydrogens is 242 g/mol. The average molecular weight is 265 g/mol. The number of nitrogens with two attached hydrogens (primary N) is 1. The smallest absolute Gasteiger partial charge is 0.111 e. The molecule has 1 aromatic rings. The van der Waals surface area contributed by atoms with E-state index < -0.39 is 0 Å². The predicted molar refractivity (Wildman–Crippen MR) is 78.9 cm³/mol. The molecule has 1 heterocycles. The Hall–Kier alpha value is -0.870. The fourth-order valence-electron chi connectivity index (χ4n) is 2.49. The van der Waals surface area contributed by atoms with Gasteiger partial charge in [0.05, 0.1) is 6.04 Å². The molecule has 3 nitrogen and oxygen atoms in total. The number of aliphatic imine (C=N–C) groups is 1. The van der Waals surface area contributed by atoms with Crippen molar-refractivity contribution < 1.29 is 0 Å². The lowest BCUT2D eigenvalue weighted by molar-refractivity contribution is 0.441. The first kappa shape index (κ1) is 13.6. The van der Waals surface area contributed by atoms with Crippen molar-refractivity contribution in [3.8, 4) is 0 Å². The monoisotopic (exact) mass is 265 g/mol. The van der Waals surface area contributed by atoms with Crippen molar-refractivity contribution in [2.45, 2.75) is 57.4 Å². The van der Waals surface area contributed by atoms with Gasteiger partial charge in [-0.2, -0.15) is 0 Å². The minimum atomic E-state index is 0.506. The van der Waals surface area contributed by atoms with Crippen LogP contribution in [-0.2, 0) is 6.42 Å². The molecule has 18 heavy (non-hydrogen) atoms. The fraction of sp³-hybridized carbons (Fsp3) is 0.643. The Kier molecular flexibility index (Phi) is 5.68. The molecule has 3 N–H and O–H groups in total. The van der Waals surface area contributed by atoms with Crippen LogP contribution < -0.4 is 11.3 Å². The van der Waals surface area contributed by atoms with Gasteiger partial charge in [-0.15, -0.1) is 11.3 Å². The van der Waals surface area contributed by atoms with Crippen molar-refractivity contribution >= 4 is 17.2 Å². The third kappa shape index (κ3) is 4.42. The first-order chi connectivity index (χ1) is 8.88. The van der Waals surface area contributed by atoms with E-state index in [4.69, 9.17) is 10.8 Å². The highest BCUT2D eigenvalue weighted by atomic mass is 32.1. The standard InChI is InChI=1S/C14H23N3S/c15-17-14(16-12-6-2-1-3-7-12)10-4-8-13-9-5-11-18-13/h5,9,11-12H,1-4,6-8,10,15H2,(H,16,17). The Morgan fingerprint density at radius 1 is 1.39 bits per heavy atom. The summed E-state index contributed by atoms with van der Waals surface area (Å²) in [5.41, 5.74) is 2.78.